The molecule has 3 amide bonds. The molecule has 1 aliphatic heterocycles. The minimum Gasteiger partial charge on any atom is -0.322 e. The first-order valence-corrected chi connectivity index (χ1v) is 6.50. The first-order valence-electron chi connectivity index (χ1n) is 6.50. The van der Waals surface area contributed by atoms with Gasteiger partial charge < -0.3 is 5.32 Å². The van der Waals surface area contributed by atoms with Gasteiger partial charge in [-0.25, -0.2) is 9.18 Å². The zero-order chi connectivity index (χ0) is 15.7. The molecule has 5 nitrogen and oxygen atoms in total. The lowest BCUT2D eigenvalue weighted by Crippen LogP contribution is -2.22. The lowest BCUT2D eigenvalue weighted by atomic mass is 9.99. The van der Waals surface area contributed by atoms with Crippen LogP contribution in [0, 0.1) is 17.1 Å². The maximum absolute atomic E-state index is 13.3. The molecule has 22 heavy (non-hydrogen) atoms. The van der Waals surface area contributed by atoms with Gasteiger partial charge in [0.15, 0.2) is 0 Å². The number of urea groups is 1. The van der Waals surface area contributed by atoms with Crippen molar-refractivity contribution in [3.05, 3.63) is 59.4 Å². The number of rotatable bonds is 2. The molecule has 2 N–H and O–H groups in total. The number of imide groups is 1. The molecular formula is C16H10FN3O2. The summed E-state index contributed by atoms with van der Waals surface area (Å²) in [5, 5.41) is 13.5. The van der Waals surface area contributed by atoms with Gasteiger partial charge >= 0.3 is 6.03 Å². The lowest BCUT2D eigenvalue weighted by molar-refractivity contribution is -0.120. The number of hydrogen-bond acceptors (Lipinski definition) is 3. The number of nitrogens with one attached hydrogen (secondary N) is 2. The molecule has 0 bridgehead atoms. The quantitative estimate of drug-likeness (QED) is 0.834. The Morgan fingerprint density at radius 1 is 1.05 bits per heavy atom. The minimum atomic E-state index is -0.704. The zero-order valence-corrected chi connectivity index (χ0v) is 11.3. The average molecular weight is 295 g/mol. The molecule has 0 spiro atoms. The Balaban J connectivity index is 1.90. The smallest absolute Gasteiger partial charge is 0.322 e. The van der Waals surface area contributed by atoms with Crippen LogP contribution in [0.5, 0.6) is 0 Å². The van der Waals surface area contributed by atoms with Gasteiger partial charge in [0.05, 0.1) is 5.56 Å². The van der Waals surface area contributed by atoms with Gasteiger partial charge in [0, 0.05) is 0 Å². The fourth-order valence-corrected chi connectivity index (χ4v) is 2.31. The van der Waals surface area contributed by atoms with Crippen LogP contribution in [-0.2, 0) is 4.79 Å². The second-order valence-corrected chi connectivity index (χ2v) is 4.82. The molecule has 0 aromatic heterocycles. The Hall–Kier alpha value is -3.20. The molecule has 1 saturated heterocycles. The first-order chi connectivity index (χ1) is 10.6. The SMILES string of the molecule is N#Cc1cc(-c2ccc(C3NC(=O)NC3=O)cc2)ccc1F. The molecule has 1 unspecified atom stereocenters. The number of amides is 3. The van der Waals surface area contributed by atoms with Crippen molar-refractivity contribution in [1.29, 1.82) is 5.26 Å². The molecule has 0 aliphatic carbocycles. The van der Waals surface area contributed by atoms with Crippen LogP contribution < -0.4 is 10.6 Å². The van der Waals surface area contributed by atoms with Crippen molar-refractivity contribution in [2.24, 2.45) is 0 Å². The standard InChI is InChI=1S/C16H10FN3O2/c17-13-6-5-11(7-12(13)8-18)9-1-3-10(4-2-9)14-15(21)20-16(22)19-14/h1-7,14H,(H2,19,20,21,22). The van der Waals surface area contributed by atoms with Crippen LogP contribution in [0.2, 0.25) is 0 Å². The maximum atomic E-state index is 13.3. The monoisotopic (exact) mass is 295 g/mol. The van der Waals surface area contributed by atoms with Crippen molar-refractivity contribution in [2.45, 2.75) is 6.04 Å². The number of halogens is 1. The van der Waals surface area contributed by atoms with Crippen LogP contribution in [0.1, 0.15) is 17.2 Å². The third-order valence-electron chi connectivity index (χ3n) is 3.44. The van der Waals surface area contributed by atoms with Crippen LogP contribution in [0.25, 0.3) is 11.1 Å². The molecule has 1 heterocycles. The molecule has 3 rings (SSSR count). The predicted molar refractivity (Wildman–Crippen MR) is 76.0 cm³/mol. The summed E-state index contributed by atoms with van der Waals surface area (Å²) in [6.07, 6.45) is 0. The van der Waals surface area contributed by atoms with Crippen molar-refractivity contribution < 1.29 is 14.0 Å². The van der Waals surface area contributed by atoms with Crippen LogP contribution in [0.4, 0.5) is 9.18 Å². The highest BCUT2D eigenvalue weighted by Gasteiger charge is 2.30. The Kier molecular flexibility index (Phi) is 3.31. The van der Waals surface area contributed by atoms with Crippen molar-refractivity contribution in [3.8, 4) is 17.2 Å². The van der Waals surface area contributed by atoms with E-state index in [9.17, 15) is 14.0 Å². The van der Waals surface area contributed by atoms with Crippen molar-refractivity contribution >= 4 is 11.9 Å². The van der Waals surface area contributed by atoms with E-state index in [-0.39, 0.29) is 5.56 Å². The summed E-state index contributed by atoms with van der Waals surface area (Å²) in [7, 11) is 0. The number of hydrogen-bond donors (Lipinski definition) is 2. The Morgan fingerprint density at radius 2 is 1.73 bits per heavy atom. The average Bonchev–Trinajstić information content (AvgIpc) is 2.86. The van der Waals surface area contributed by atoms with Gasteiger partial charge in [-0.1, -0.05) is 30.3 Å². The molecular weight excluding hydrogens is 285 g/mol. The first kappa shape index (κ1) is 13.8. The molecule has 1 atom stereocenters. The zero-order valence-electron chi connectivity index (χ0n) is 11.3. The summed E-state index contributed by atoms with van der Waals surface area (Å²) in [5.74, 6) is -0.959. The van der Waals surface area contributed by atoms with Crippen molar-refractivity contribution in [3.63, 3.8) is 0 Å². The van der Waals surface area contributed by atoms with E-state index in [0.717, 1.165) is 5.56 Å². The summed E-state index contributed by atoms with van der Waals surface area (Å²) in [6.45, 7) is 0. The number of benzene rings is 2. The van der Waals surface area contributed by atoms with E-state index in [1.807, 2.05) is 0 Å². The number of carbonyl (C=O) groups is 2. The summed E-state index contributed by atoms with van der Waals surface area (Å²) in [5.41, 5.74) is 2.10. The highest BCUT2D eigenvalue weighted by Crippen LogP contribution is 2.25. The second kappa shape index (κ2) is 5.30. The largest absolute Gasteiger partial charge is 0.322 e. The van der Waals surface area contributed by atoms with Gasteiger partial charge in [0.1, 0.15) is 17.9 Å². The van der Waals surface area contributed by atoms with Crippen LogP contribution in [0.15, 0.2) is 42.5 Å². The van der Waals surface area contributed by atoms with E-state index in [0.29, 0.717) is 11.1 Å². The highest BCUT2D eigenvalue weighted by molar-refractivity contribution is 6.04. The predicted octanol–water partition coefficient (Wildman–Crippen LogP) is 2.24. The minimum absolute atomic E-state index is 0.0241. The molecule has 1 aliphatic rings. The second-order valence-electron chi connectivity index (χ2n) is 4.82. The van der Waals surface area contributed by atoms with E-state index in [2.05, 4.69) is 10.6 Å². The molecule has 2 aromatic carbocycles. The van der Waals surface area contributed by atoms with Crippen molar-refractivity contribution in [1.82, 2.24) is 10.6 Å². The van der Waals surface area contributed by atoms with E-state index in [1.165, 1.54) is 12.1 Å². The fourth-order valence-electron chi connectivity index (χ4n) is 2.31. The van der Waals surface area contributed by atoms with Gasteiger partial charge in [-0.2, -0.15) is 5.26 Å². The van der Waals surface area contributed by atoms with Gasteiger partial charge in [0.2, 0.25) is 0 Å². The maximum Gasteiger partial charge on any atom is 0.322 e. The molecule has 2 aromatic rings. The third-order valence-corrected chi connectivity index (χ3v) is 3.44. The summed E-state index contributed by atoms with van der Waals surface area (Å²) in [4.78, 5) is 22.7. The number of nitriles is 1. The summed E-state index contributed by atoms with van der Waals surface area (Å²) in [6, 6.07) is 11.8. The summed E-state index contributed by atoms with van der Waals surface area (Å²) >= 11 is 0. The molecule has 108 valence electrons. The van der Waals surface area contributed by atoms with Gasteiger partial charge in [-0.05, 0) is 28.8 Å². The van der Waals surface area contributed by atoms with Crippen LogP contribution >= 0.6 is 0 Å². The summed E-state index contributed by atoms with van der Waals surface area (Å²) < 4.78 is 13.3. The number of carbonyl (C=O) groups excluding carboxylic acids is 2. The molecule has 6 heteroatoms. The van der Waals surface area contributed by atoms with E-state index >= 15 is 0 Å². The van der Waals surface area contributed by atoms with Gasteiger partial charge in [-0.15, -0.1) is 0 Å². The molecule has 1 fully saturated rings. The number of nitrogens with zero attached hydrogens (tertiary/aromatic N) is 1. The highest BCUT2D eigenvalue weighted by atomic mass is 19.1. The normalized spacial score (nSPS) is 16.8. The lowest BCUT2D eigenvalue weighted by Gasteiger charge is -2.09. The third kappa shape index (κ3) is 2.40. The fraction of sp³-hybridized carbons (Fsp3) is 0.0625. The Bertz CT molecular complexity index is 809. The van der Waals surface area contributed by atoms with Crippen LogP contribution in [-0.4, -0.2) is 11.9 Å². The van der Waals surface area contributed by atoms with E-state index in [4.69, 9.17) is 5.26 Å². The van der Waals surface area contributed by atoms with Crippen molar-refractivity contribution in [2.75, 3.05) is 0 Å². The van der Waals surface area contributed by atoms with Gasteiger partial charge in [-0.3, -0.25) is 10.1 Å². The van der Waals surface area contributed by atoms with Crippen LogP contribution in [0.3, 0.4) is 0 Å². The Morgan fingerprint density at radius 3 is 2.32 bits per heavy atom. The Labute approximate surface area is 125 Å². The molecule has 0 saturated carbocycles. The molecule has 0 radical (unpaired) electrons. The van der Waals surface area contributed by atoms with E-state index < -0.39 is 23.8 Å². The van der Waals surface area contributed by atoms with E-state index in [1.54, 1.807) is 36.4 Å². The topological polar surface area (TPSA) is 82.0 Å². The van der Waals surface area contributed by atoms with Gasteiger partial charge in [0.25, 0.3) is 5.91 Å².